The third-order valence-corrected chi connectivity index (χ3v) is 4.79. The Morgan fingerprint density at radius 2 is 2.06 bits per heavy atom. The minimum Gasteiger partial charge on any atom is -0.347 e. The fraction of sp³-hybridized carbons (Fsp3) is 0.714. The first kappa shape index (κ1) is 12.1. The second-order valence-electron chi connectivity index (χ2n) is 5.72. The van der Waals surface area contributed by atoms with Crippen molar-refractivity contribution in [3.8, 4) is 0 Å². The van der Waals surface area contributed by atoms with Gasteiger partial charge in [0.1, 0.15) is 5.78 Å². The first-order chi connectivity index (χ1) is 8.48. The Balaban J connectivity index is 2.03. The van der Waals surface area contributed by atoms with Gasteiger partial charge >= 0.3 is 0 Å². The summed E-state index contributed by atoms with van der Waals surface area (Å²) in [6, 6.07) is 0. The van der Waals surface area contributed by atoms with Crippen molar-refractivity contribution in [2.75, 3.05) is 13.2 Å². The number of hydrogen-bond donors (Lipinski definition) is 0. The number of ketones is 2. The van der Waals surface area contributed by atoms with Gasteiger partial charge in [0.05, 0.1) is 19.1 Å². The van der Waals surface area contributed by atoms with E-state index >= 15 is 0 Å². The molecule has 2 fully saturated rings. The molecule has 3 rings (SSSR count). The summed E-state index contributed by atoms with van der Waals surface area (Å²) in [5.74, 6) is -1.24. The van der Waals surface area contributed by atoms with Gasteiger partial charge in [0.15, 0.2) is 11.6 Å². The first-order valence-corrected chi connectivity index (χ1v) is 6.52. The van der Waals surface area contributed by atoms with E-state index in [0.29, 0.717) is 19.6 Å². The van der Waals surface area contributed by atoms with E-state index in [1.54, 1.807) is 6.08 Å². The summed E-state index contributed by atoms with van der Waals surface area (Å²) >= 11 is 0. The normalized spacial score (nSPS) is 37.8. The fourth-order valence-electron chi connectivity index (χ4n) is 3.66. The van der Waals surface area contributed by atoms with Crippen LogP contribution in [0.4, 0.5) is 0 Å². The largest absolute Gasteiger partial charge is 0.347 e. The molecule has 1 aliphatic heterocycles. The van der Waals surface area contributed by atoms with Crippen molar-refractivity contribution in [2.24, 2.45) is 11.3 Å². The highest BCUT2D eigenvalue weighted by Crippen LogP contribution is 2.59. The van der Waals surface area contributed by atoms with Gasteiger partial charge < -0.3 is 9.47 Å². The van der Waals surface area contributed by atoms with Gasteiger partial charge in [-0.2, -0.15) is 0 Å². The molecule has 98 valence electrons. The second kappa shape index (κ2) is 3.75. The molecule has 4 nitrogen and oxygen atoms in total. The third-order valence-electron chi connectivity index (χ3n) is 4.79. The van der Waals surface area contributed by atoms with E-state index in [2.05, 4.69) is 6.92 Å². The summed E-state index contributed by atoms with van der Waals surface area (Å²) in [6.45, 7) is 4.76. The average molecular weight is 250 g/mol. The van der Waals surface area contributed by atoms with Crippen LogP contribution in [0.25, 0.3) is 0 Å². The molecule has 0 bridgehead atoms. The lowest BCUT2D eigenvalue weighted by Gasteiger charge is -2.43. The summed E-state index contributed by atoms with van der Waals surface area (Å²) in [6.07, 6.45) is 3.79. The molecule has 0 radical (unpaired) electrons. The van der Waals surface area contributed by atoms with Crippen molar-refractivity contribution in [3.05, 3.63) is 11.6 Å². The number of ether oxygens (including phenoxy) is 2. The van der Waals surface area contributed by atoms with Crippen molar-refractivity contribution < 1.29 is 19.1 Å². The molecule has 2 unspecified atom stereocenters. The molecule has 3 aliphatic rings. The molecular weight excluding hydrogens is 232 g/mol. The van der Waals surface area contributed by atoms with Crippen LogP contribution in [0.2, 0.25) is 0 Å². The smallest absolute Gasteiger partial charge is 0.177 e. The van der Waals surface area contributed by atoms with E-state index in [4.69, 9.17) is 9.47 Å². The van der Waals surface area contributed by atoms with Crippen LogP contribution in [0.3, 0.4) is 0 Å². The number of Topliss-reactive ketones (excluding diaryl/α,β-unsaturated/α-hetero) is 1. The van der Waals surface area contributed by atoms with Crippen LogP contribution in [0.15, 0.2) is 11.6 Å². The van der Waals surface area contributed by atoms with Gasteiger partial charge in [0, 0.05) is 11.8 Å². The number of carbonyl (C=O) groups excluding carboxylic acids is 2. The molecule has 1 saturated carbocycles. The summed E-state index contributed by atoms with van der Waals surface area (Å²) in [4.78, 5) is 23.6. The average Bonchev–Trinajstić information content (AvgIpc) is 2.88. The maximum absolute atomic E-state index is 11.9. The SMILES string of the molecule is CC(=O)C1CC2(C)C(=CC1=O)CCC21OCCO1. The molecule has 2 aliphatic carbocycles. The van der Waals surface area contributed by atoms with Crippen molar-refractivity contribution in [1.29, 1.82) is 0 Å². The van der Waals surface area contributed by atoms with Crippen molar-refractivity contribution >= 4 is 11.6 Å². The lowest BCUT2D eigenvalue weighted by atomic mass is 9.67. The van der Waals surface area contributed by atoms with Crippen LogP contribution in [-0.2, 0) is 19.1 Å². The van der Waals surface area contributed by atoms with Crippen LogP contribution in [0.1, 0.15) is 33.1 Å². The zero-order valence-electron chi connectivity index (χ0n) is 10.8. The van der Waals surface area contributed by atoms with Crippen LogP contribution in [0, 0.1) is 11.3 Å². The van der Waals surface area contributed by atoms with E-state index in [-0.39, 0.29) is 17.0 Å². The summed E-state index contributed by atoms with van der Waals surface area (Å²) < 4.78 is 11.7. The zero-order chi connectivity index (χ0) is 13.0. The lowest BCUT2D eigenvalue weighted by molar-refractivity contribution is -0.213. The number of carbonyl (C=O) groups is 2. The van der Waals surface area contributed by atoms with Crippen LogP contribution < -0.4 is 0 Å². The number of hydrogen-bond acceptors (Lipinski definition) is 4. The molecule has 0 aromatic carbocycles. The lowest BCUT2D eigenvalue weighted by Crippen LogP contribution is -2.48. The summed E-state index contributed by atoms with van der Waals surface area (Å²) in [5.41, 5.74) is 0.764. The van der Waals surface area contributed by atoms with Crippen molar-refractivity contribution in [3.63, 3.8) is 0 Å². The molecule has 18 heavy (non-hydrogen) atoms. The second-order valence-corrected chi connectivity index (χ2v) is 5.72. The minimum absolute atomic E-state index is 0.0509. The molecule has 0 aromatic heterocycles. The highest BCUT2D eigenvalue weighted by atomic mass is 16.7. The predicted octanol–water partition coefficient (Wildman–Crippen LogP) is 1.63. The topological polar surface area (TPSA) is 52.6 Å². The van der Waals surface area contributed by atoms with E-state index in [0.717, 1.165) is 18.4 Å². The molecule has 4 heteroatoms. The van der Waals surface area contributed by atoms with E-state index < -0.39 is 11.7 Å². The van der Waals surface area contributed by atoms with Gasteiger partial charge in [-0.3, -0.25) is 9.59 Å². The van der Waals surface area contributed by atoms with Gasteiger partial charge in [-0.05, 0) is 25.8 Å². The highest BCUT2D eigenvalue weighted by Gasteiger charge is 2.61. The first-order valence-electron chi connectivity index (χ1n) is 6.52. The Bertz CT molecular complexity index is 445. The fourth-order valence-corrected chi connectivity index (χ4v) is 3.66. The molecule has 0 N–H and O–H groups in total. The minimum atomic E-state index is -0.604. The Hall–Kier alpha value is -1.00. The molecule has 1 heterocycles. The van der Waals surface area contributed by atoms with Gasteiger partial charge in [-0.15, -0.1) is 0 Å². The molecule has 1 spiro atoms. The molecule has 0 aromatic rings. The van der Waals surface area contributed by atoms with Crippen molar-refractivity contribution in [1.82, 2.24) is 0 Å². The Morgan fingerprint density at radius 3 is 2.67 bits per heavy atom. The van der Waals surface area contributed by atoms with Gasteiger partial charge in [-0.1, -0.05) is 12.5 Å². The molecule has 0 amide bonds. The van der Waals surface area contributed by atoms with E-state index in [1.165, 1.54) is 6.92 Å². The van der Waals surface area contributed by atoms with Crippen molar-refractivity contribution in [2.45, 2.75) is 38.9 Å². The van der Waals surface area contributed by atoms with Gasteiger partial charge in [-0.25, -0.2) is 0 Å². The molecular formula is C14H18O4. The molecule has 1 saturated heterocycles. The highest BCUT2D eigenvalue weighted by molar-refractivity contribution is 6.08. The van der Waals surface area contributed by atoms with Gasteiger partial charge in [0.2, 0.25) is 0 Å². The van der Waals surface area contributed by atoms with E-state index in [9.17, 15) is 9.59 Å². The van der Waals surface area contributed by atoms with Crippen LogP contribution >= 0.6 is 0 Å². The quantitative estimate of drug-likeness (QED) is 0.664. The van der Waals surface area contributed by atoms with Crippen LogP contribution in [-0.4, -0.2) is 30.6 Å². The van der Waals surface area contributed by atoms with Crippen LogP contribution in [0.5, 0.6) is 0 Å². The number of rotatable bonds is 1. The predicted molar refractivity (Wildman–Crippen MR) is 63.9 cm³/mol. The van der Waals surface area contributed by atoms with E-state index in [1.807, 2.05) is 0 Å². The third kappa shape index (κ3) is 1.39. The maximum atomic E-state index is 11.9. The summed E-state index contributed by atoms with van der Waals surface area (Å²) in [5, 5.41) is 0. The number of allylic oxidation sites excluding steroid dienone is 1. The Kier molecular flexibility index (Phi) is 2.51. The van der Waals surface area contributed by atoms with Gasteiger partial charge in [0.25, 0.3) is 0 Å². The number of fused-ring (bicyclic) bond motifs is 2. The molecule has 2 atom stereocenters. The maximum Gasteiger partial charge on any atom is 0.177 e. The standard InChI is InChI=1S/C14H18O4/c1-9(15)11-8-13(2)10(7-12(11)16)3-4-14(13)17-5-6-18-14/h7,11H,3-6,8H2,1-2H3. The zero-order valence-corrected chi connectivity index (χ0v) is 10.8. The monoisotopic (exact) mass is 250 g/mol. The Morgan fingerprint density at radius 1 is 1.39 bits per heavy atom. The summed E-state index contributed by atoms with van der Waals surface area (Å²) in [7, 11) is 0. The Labute approximate surface area is 106 Å².